The molecule has 1 atom stereocenters. The Labute approximate surface area is 201 Å². The average Bonchev–Trinajstić information content (AvgIpc) is 3.48. The second-order valence-corrected chi connectivity index (χ2v) is 8.19. The molecule has 0 bridgehead atoms. The lowest BCUT2D eigenvalue weighted by Gasteiger charge is -2.26. The molecule has 178 valence electrons. The van der Waals surface area contributed by atoms with Crippen LogP contribution in [0.5, 0.6) is 0 Å². The van der Waals surface area contributed by atoms with E-state index in [1.54, 1.807) is 18.2 Å². The zero-order valence-corrected chi connectivity index (χ0v) is 19.0. The van der Waals surface area contributed by atoms with Crippen LogP contribution in [0.3, 0.4) is 0 Å². The second-order valence-electron chi connectivity index (χ2n) is 7.21. The van der Waals surface area contributed by atoms with E-state index >= 15 is 0 Å². The van der Waals surface area contributed by atoms with Gasteiger partial charge in [-0.2, -0.15) is 0 Å². The van der Waals surface area contributed by atoms with Crippen LogP contribution < -0.4 is 21.7 Å². The first-order valence-corrected chi connectivity index (χ1v) is 10.9. The van der Waals surface area contributed by atoms with Crippen molar-refractivity contribution in [2.45, 2.75) is 13.0 Å². The van der Waals surface area contributed by atoms with Gasteiger partial charge < -0.3 is 26.2 Å². The van der Waals surface area contributed by atoms with Crippen molar-refractivity contribution in [3.05, 3.63) is 76.9 Å². The number of halogens is 1. The first-order chi connectivity index (χ1) is 16.7. The van der Waals surface area contributed by atoms with Gasteiger partial charge in [0.05, 0.1) is 0 Å². The fourth-order valence-corrected chi connectivity index (χ4v) is 4.06. The van der Waals surface area contributed by atoms with E-state index in [9.17, 15) is 18.8 Å². The van der Waals surface area contributed by atoms with E-state index in [2.05, 4.69) is 20.4 Å². The van der Waals surface area contributed by atoms with Crippen LogP contribution in [-0.4, -0.2) is 38.8 Å². The van der Waals surface area contributed by atoms with E-state index in [0.717, 1.165) is 11.3 Å². The van der Waals surface area contributed by atoms with Gasteiger partial charge in [0.15, 0.2) is 10.8 Å². The van der Waals surface area contributed by atoms with Gasteiger partial charge in [-0.25, -0.2) is 14.4 Å². The van der Waals surface area contributed by atoms with Gasteiger partial charge in [0.1, 0.15) is 28.4 Å². The second kappa shape index (κ2) is 9.69. The van der Waals surface area contributed by atoms with Crippen LogP contribution in [-0.2, 0) is 4.79 Å². The van der Waals surface area contributed by atoms with Crippen molar-refractivity contribution in [3.8, 4) is 0 Å². The molecule has 5 N–H and O–H groups in total. The van der Waals surface area contributed by atoms with Gasteiger partial charge in [-0.3, -0.25) is 14.4 Å². The molecule has 0 fully saturated rings. The van der Waals surface area contributed by atoms with Crippen LogP contribution in [0.4, 0.5) is 26.8 Å². The predicted molar refractivity (Wildman–Crippen MR) is 126 cm³/mol. The number of rotatable bonds is 8. The quantitative estimate of drug-likeness (QED) is 0.311. The summed E-state index contributed by atoms with van der Waals surface area (Å²) in [6, 6.07) is 10.6. The number of pyridine rings is 1. The molecule has 0 radical (unpaired) electrons. The molecule has 0 saturated heterocycles. The number of thiazole rings is 1. The summed E-state index contributed by atoms with van der Waals surface area (Å²) < 4.78 is 18.5. The fourth-order valence-electron chi connectivity index (χ4n) is 3.03. The number of anilines is 4. The molecular weight excluding hydrogens is 477 g/mol. The minimum absolute atomic E-state index is 0.00313. The number of primary amides is 1. The van der Waals surface area contributed by atoms with Crippen LogP contribution in [0.1, 0.15) is 32.8 Å². The summed E-state index contributed by atoms with van der Waals surface area (Å²) in [5, 5.41) is 6.35. The Balaban J connectivity index is 1.61. The molecule has 4 rings (SSSR count). The summed E-state index contributed by atoms with van der Waals surface area (Å²) in [4.78, 5) is 46.9. The van der Waals surface area contributed by atoms with Crippen molar-refractivity contribution in [3.63, 3.8) is 0 Å². The molecule has 3 aromatic heterocycles. The summed E-state index contributed by atoms with van der Waals surface area (Å²) in [6.45, 7) is 1.54. The van der Waals surface area contributed by atoms with E-state index in [0.29, 0.717) is 11.5 Å². The van der Waals surface area contributed by atoms with Gasteiger partial charge in [0.2, 0.25) is 17.5 Å². The van der Waals surface area contributed by atoms with Crippen molar-refractivity contribution in [2.75, 3.05) is 16.0 Å². The molecule has 1 unspecified atom stereocenters. The largest absolute Gasteiger partial charge is 0.382 e. The highest BCUT2D eigenvalue weighted by atomic mass is 32.1. The SMILES string of the molecule is CC(C(N)=O)N(c1ccc(F)cc1)c1nc(N)c(C(=O)c2cc(C(=O)Nc3ccccn3)no2)s1. The van der Waals surface area contributed by atoms with E-state index in [4.69, 9.17) is 16.0 Å². The topological polar surface area (TPSA) is 170 Å². The highest BCUT2D eigenvalue weighted by molar-refractivity contribution is 7.18. The molecule has 13 heteroatoms. The number of carbonyl (C=O) groups is 3. The van der Waals surface area contributed by atoms with Crippen molar-refractivity contribution in [2.24, 2.45) is 5.73 Å². The maximum atomic E-state index is 13.4. The van der Waals surface area contributed by atoms with Crippen molar-refractivity contribution in [1.29, 1.82) is 0 Å². The number of ketones is 1. The zero-order chi connectivity index (χ0) is 25.1. The molecule has 1 aromatic carbocycles. The van der Waals surface area contributed by atoms with E-state index in [-0.39, 0.29) is 27.3 Å². The molecule has 0 aliphatic heterocycles. The number of hydrogen-bond donors (Lipinski definition) is 3. The number of hydrogen-bond acceptors (Lipinski definition) is 10. The van der Waals surface area contributed by atoms with Gasteiger partial charge in [0.25, 0.3) is 5.91 Å². The van der Waals surface area contributed by atoms with Gasteiger partial charge >= 0.3 is 0 Å². The number of aromatic nitrogens is 3. The molecule has 3 heterocycles. The standard InChI is InChI=1S/C22H18FN7O4S/c1-11(20(25)32)30(13-7-5-12(23)6-8-13)22-28-19(24)18(35-22)17(31)15-10-14(29-34-15)21(33)27-16-4-2-3-9-26-16/h2-11H,24H2,1H3,(H2,25,32)(H,26,27,33). The van der Waals surface area contributed by atoms with E-state index in [1.165, 1.54) is 48.4 Å². The summed E-state index contributed by atoms with van der Waals surface area (Å²) in [5.74, 6) is -2.50. The van der Waals surface area contributed by atoms with Crippen LogP contribution in [0.15, 0.2) is 59.3 Å². The minimum Gasteiger partial charge on any atom is -0.382 e. The Bertz CT molecular complexity index is 1390. The summed E-state index contributed by atoms with van der Waals surface area (Å²) in [5.41, 5.74) is 11.7. The molecule has 0 spiro atoms. The third-order valence-electron chi connectivity index (χ3n) is 4.83. The Hall–Kier alpha value is -4.65. The molecule has 35 heavy (non-hydrogen) atoms. The monoisotopic (exact) mass is 495 g/mol. The van der Waals surface area contributed by atoms with Gasteiger partial charge in [-0.15, -0.1) is 0 Å². The maximum absolute atomic E-state index is 13.4. The highest BCUT2D eigenvalue weighted by Gasteiger charge is 2.29. The van der Waals surface area contributed by atoms with Crippen molar-refractivity contribution in [1.82, 2.24) is 15.1 Å². The molecule has 0 aliphatic carbocycles. The average molecular weight is 495 g/mol. The number of amides is 2. The normalized spacial score (nSPS) is 11.6. The van der Waals surface area contributed by atoms with Gasteiger partial charge in [0, 0.05) is 18.0 Å². The van der Waals surface area contributed by atoms with Crippen LogP contribution in [0, 0.1) is 5.82 Å². The number of nitrogens with zero attached hydrogens (tertiary/aromatic N) is 4. The zero-order valence-electron chi connectivity index (χ0n) is 18.1. The van der Waals surface area contributed by atoms with Crippen molar-refractivity contribution < 1.29 is 23.3 Å². The smallest absolute Gasteiger partial charge is 0.279 e. The number of benzene rings is 1. The maximum Gasteiger partial charge on any atom is 0.279 e. The Morgan fingerprint density at radius 1 is 1.17 bits per heavy atom. The molecule has 4 aromatic rings. The molecule has 11 nitrogen and oxygen atoms in total. The predicted octanol–water partition coefficient (Wildman–Crippen LogP) is 2.74. The summed E-state index contributed by atoms with van der Waals surface area (Å²) in [7, 11) is 0. The third kappa shape index (κ3) is 4.99. The van der Waals surface area contributed by atoms with Crippen molar-refractivity contribution >= 4 is 51.4 Å². The Morgan fingerprint density at radius 2 is 1.91 bits per heavy atom. The highest BCUT2D eigenvalue weighted by Crippen LogP contribution is 2.36. The first kappa shape index (κ1) is 23.5. The molecular formula is C22H18FN7O4S. The van der Waals surface area contributed by atoms with E-state index < -0.39 is 29.5 Å². The number of nitrogen functional groups attached to an aromatic ring is 1. The lowest BCUT2D eigenvalue weighted by molar-refractivity contribution is -0.118. The van der Waals surface area contributed by atoms with Gasteiger partial charge in [-0.1, -0.05) is 22.6 Å². The lowest BCUT2D eigenvalue weighted by Crippen LogP contribution is -2.39. The first-order valence-electron chi connectivity index (χ1n) is 10.1. The number of nitrogens with two attached hydrogens (primary N) is 2. The minimum atomic E-state index is -0.888. The summed E-state index contributed by atoms with van der Waals surface area (Å²) >= 11 is 0.876. The van der Waals surface area contributed by atoms with Crippen LogP contribution in [0.2, 0.25) is 0 Å². The number of carbonyl (C=O) groups excluding carboxylic acids is 3. The Morgan fingerprint density at radius 3 is 2.57 bits per heavy atom. The lowest BCUT2D eigenvalue weighted by atomic mass is 10.2. The number of nitrogens with one attached hydrogen (secondary N) is 1. The summed E-state index contributed by atoms with van der Waals surface area (Å²) in [6.07, 6.45) is 1.51. The molecule has 2 amide bonds. The van der Waals surface area contributed by atoms with E-state index in [1.807, 2.05) is 0 Å². The molecule has 0 aliphatic rings. The van der Waals surface area contributed by atoms with Crippen LogP contribution >= 0.6 is 11.3 Å². The fraction of sp³-hybridized carbons (Fsp3) is 0.0909. The van der Waals surface area contributed by atoms with Crippen LogP contribution in [0.25, 0.3) is 0 Å². The molecule has 0 saturated carbocycles. The third-order valence-corrected chi connectivity index (χ3v) is 5.90. The van der Waals surface area contributed by atoms with Gasteiger partial charge in [-0.05, 0) is 43.3 Å². The Kier molecular flexibility index (Phi) is 6.51.